The van der Waals surface area contributed by atoms with Crippen LogP contribution in [-0.2, 0) is 9.53 Å². The number of carbonyl (C=O) groups is 1. The zero-order chi connectivity index (χ0) is 19.2. The molecule has 1 aromatic carbocycles. The van der Waals surface area contributed by atoms with E-state index in [1.807, 2.05) is 0 Å². The first-order valence-corrected chi connectivity index (χ1v) is 11.6. The number of unbranched alkanes of at least 4 members (excludes halogenated alkanes) is 1. The summed E-state index contributed by atoms with van der Waals surface area (Å²) in [7, 11) is 0. The molecule has 1 saturated carbocycles. The monoisotopic (exact) mass is 401 g/mol. The molecule has 0 N–H and O–H groups in total. The average Bonchev–Trinajstić information content (AvgIpc) is 3.19. The van der Waals surface area contributed by atoms with Gasteiger partial charge in [0.05, 0.1) is 17.2 Å². The fraction of sp³-hybridized carbons (Fsp3) is 0.636. The third-order valence-corrected chi connectivity index (χ3v) is 6.90. The van der Waals surface area contributed by atoms with Crippen molar-refractivity contribution in [2.24, 2.45) is 5.92 Å². The minimum atomic E-state index is 0.0452. The van der Waals surface area contributed by atoms with Gasteiger partial charge in [-0.2, -0.15) is 4.37 Å². The molecule has 152 valence electrons. The standard InChI is InChI=1S/C22H31N3O2S/c26-22(18-8-2-1-3-9-18)27-17-7-6-12-24-13-15-25(16-14-24)21-19-10-4-5-11-20(19)28-23-21/h4-5,10-11,18H,1-3,6-9,12-17H2. The molecule has 0 unspecified atom stereocenters. The lowest BCUT2D eigenvalue weighted by molar-refractivity contribution is -0.149. The quantitative estimate of drug-likeness (QED) is 0.511. The first kappa shape index (κ1) is 19.6. The minimum absolute atomic E-state index is 0.0452. The number of ether oxygens (including phenoxy) is 1. The summed E-state index contributed by atoms with van der Waals surface area (Å²) in [4.78, 5) is 17.0. The fourth-order valence-corrected chi connectivity index (χ4v) is 5.15. The Bertz CT molecular complexity index is 764. The van der Waals surface area contributed by atoms with Crippen molar-refractivity contribution in [2.45, 2.75) is 44.9 Å². The molecule has 2 aromatic rings. The highest BCUT2D eigenvalue weighted by Gasteiger charge is 2.23. The molecule has 1 aromatic heterocycles. The molecular formula is C22H31N3O2S. The Morgan fingerprint density at radius 3 is 2.68 bits per heavy atom. The number of rotatable bonds is 7. The first-order chi connectivity index (χ1) is 13.8. The number of aromatic nitrogens is 1. The SMILES string of the molecule is O=C(OCCCCN1CCN(c2nsc3ccccc23)CC1)C1CCCCC1. The topological polar surface area (TPSA) is 45.7 Å². The summed E-state index contributed by atoms with van der Waals surface area (Å²) in [6, 6.07) is 8.50. The molecular weight excluding hydrogens is 370 g/mol. The fourth-order valence-electron chi connectivity index (χ4n) is 4.35. The van der Waals surface area contributed by atoms with Crippen molar-refractivity contribution in [3.8, 4) is 0 Å². The molecule has 0 spiro atoms. The molecule has 2 heterocycles. The van der Waals surface area contributed by atoms with Crippen molar-refractivity contribution in [3.05, 3.63) is 24.3 Å². The normalized spacial score (nSPS) is 19.2. The molecule has 4 rings (SSSR count). The van der Waals surface area contributed by atoms with Crippen LogP contribution >= 0.6 is 11.5 Å². The van der Waals surface area contributed by atoms with Crippen LogP contribution in [0.1, 0.15) is 44.9 Å². The predicted octanol–water partition coefficient (Wildman–Crippen LogP) is 4.32. The van der Waals surface area contributed by atoms with Crippen molar-refractivity contribution >= 4 is 33.4 Å². The van der Waals surface area contributed by atoms with Gasteiger partial charge in [0, 0.05) is 31.6 Å². The van der Waals surface area contributed by atoms with Gasteiger partial charge in [-0.25, -0.2) is 0 Å². The van der Waals surface area contributed by atoms with Crippen molar-refractivity contribution in [3.63, 3.8) is 0 Å². The number of carbonyl (C=O) groups excluding carboxylic acids is 1. The van der Waals surface area contributed by atoms with Crippen LogP contribution < -0.4 is 4.90 Å². The summed E-state index contributed by atoms with van der Waals surface area (Å²) in [5.74, 6) is 1.36. The Hall–Kier alpha value is -1.66. The summed E-state index contributed by atoms with van der Waals surface area (Å²) < 4.78 is 11.5. The molecule has 1 aliphatic heterocycles. The maximum atomic E-state index is 12.1. The van der Waals surface area contributed by atoms with Crippen LogP contribution in [0.5, 0.6) is 0 Å². The summed E-state index contributed by atoms with van der Waals surface area (Å²) in [5, 5.41) is 1.28. The maximum absolute atomic E-state index is 12.1. The Kier molecular flexibility index (Phi) is 6.81. The van der Waals surface area contributed by atoms with Crippen molar-refractivity contribution in [1.82, 2.24) is 9.27 Å². The molecule has 0 amide bonds. The molecule has 2 fully saturated rings. The average molecular weight is 402 g/mol. The summed E-state index contributed by atoms with van der Waals surface area (Å²) in [6.45, 7) is 5.89. The largest absolute Gasteiger partial charge is 0.465 e. The summed E-state index contributed by atoms with van der Waals surface area (Å²) >= 11 is 1.59. The van der Waals surface area contributed by atoms with Crippen LogP contribution in [0.3, 0.4) is 0 Å². The van der Waals surface area contributed by atoms with Gasteiger partial charge in [0.25, 0.3) is 0 Å². The molecule has 6 heteroatoms. The lowest BCUT2D eigenvalue weighted by atomic mass is 9.89. The predicted molar refractivity (Wildman–Crippen MR) is 115 cm³/mol. The van der Waals surface area contributed by atoms with E-state index >= 15 is 0 Å². The third kappa shape index (κ3) is 4.84. The molecule has 1 saturated heterocycles. The van der Waals surface area contributed by atoms with Gasteiger partial charge >= 0.3 is 5.97 Å². The van der Waals surface area contributed by atoms with E-state index in [-0.39, 0.29) is 11.9 Å². The van der Waals surface area contributed by atoms with Crippen LogP contribution in [0.15, 0.2) is 24.3 Å². The van der Waals surface area contributed by atoms with Gasteiger partial charge in [-0.15, -0.1) is 0 Å². The van der Waals surface area contributed by atoms with Gasteiger partial charge in [0.15, 0.2) is 0 Å². The molecule has 5 nitrogen and oxygen atoms in total. The highest BCUT2D eigenvalue weighted by atomic mass is 32.1. The van der Waals surface area contributed by atoms with E-state index in [1.54, 1.807) is 11.5 Å². The summed E-state index contributed by atoms with van der Waals surface area (Å²) in [6.07, 6.45) is 7.75. The zero-order valence-electron chi connectivity index (χ0n) is 16.6. The highest BCUT2D eigenvalue weighted by Crippen LogP contribution is 2.30. The zero-order valence-corrected chi connectivity index (χ0v) is 17.5. The van der Waals surface area contributed by atoms with Gasteiger partial charge in [0.1, 0.15) is 5.82 Å². The van der Waals surface area contributed by atoms with Gasteiger partial charge in [-0.05, 0) is 55.9 Å². The van der Waals surface area contributed by atoms with Crippen LogP contribution in [0, 0.1) is 5.92 Å². The number of piperazine rings is 1. The number of fused-ring (bicyclic) bond motifs is 1. The van der Waals surface area contributed by atoms with E-state index in [0.717, 1.165) is 64.2 Å². The van der Waals surface area contributed by atoms with E-state index in [1.165, 1.54) is 29.3 Å². The Balaban J connectivity index is 1.13. The van der Waals surface area contributed by atoms with Crippen LogP contribution in [0.4, 0.5) is 5.82 Å². The number of hydrogen-bond acceptors (Lipinski definition) is 6. The molecule has 0 atom stereocenters. The van der Waals surface area contributed by atoms with Crippen LogP contribution in [-0.4, -0.2) is 54.6 Å². The second kappa shape index (κ2) is 9.70. The minimum Gasteiger partial charge on any atom is -0.465 e. The highest BCUT2D eigenvalue weighted by molar-refractivity contribution is 7.13. The maximum Gasteiger partial charge on any atom is 0.308 e. The lowest BCUT2D eigenvalue weighted by Gasteiger charge is -2.35. The third-order valence-electron chi connectivity index (χ3n) is 6.08. The van der Waals surface area contributed by atoms with E-state index in [9.17, 15) is 4.79 Å². The van der Waals surface area contributed by atoms with E-state index in [0.29, 0.717) is 6.61 Å². The van der Waals surface area contributed by atoms with Gasteiger partial charge in [0.2, 0.25) is 0 Å². The first-order valence-electron chi connectivity index (χ1n) is 10.8. The van der Waals surface area contributed by atoms with E-state index < -0.39 is 0 Å². The number of nitrogens with zero attached hydrogens (tertiary/aromatic N) is 3. The second-order valence-corrected chi connectivity index (χ2v) is 8.85. The number of anilines is 1. The molecule has 0 bridgehead atoms. The van der Waals surface area contributed by atoms with Crippen molar-refractivity contribution < 1.29 is 9.53 Å². The molecule has 0 radical (unpaired) electrons. The smallest absolute Gasteiger partial charge is 0.308 e. The Labute approximate surface area is 171 Å². The summed E-state index contributed by atoms with van der Waals surface area (Å²) in [5.41, 5.74) is 0. The van der Waals surface area contributed by atoms with Crippen LogP contribution in [0.2, 0.25) is 0 Å². The molecule has 1 aliphatic carbocycles. The second-order valence-electron chi connectivity index (χ2n) is 8.04. The van der Waals surface area contributed by atoms with E-state index in [2.05, 4.69) is 38.4 Å². The molecule has 2 aliphatic rings. The van der Waals surface area contributed by atoms with Gasteiger partial charge in [-0.1, -0.05) is 31.4 Å². The van der Waals surface area contributed by atoms with Gasteiger partial charge in [-0.3, -0.25) is 9.69 Å². The number of hydrogen-bond donors (Lipinski definition) is 0. The van der Waals surface area contributed by atoms with Gasteiger partial charge < -0.3 is 9.64 Å². The lowest BCUT2D eigenvalue weighted by Crippen LogP contribution is -2.46. The van der Waals surface area contributed by atoms with Crippen molar-refractivity contribution in [2.75, 3.05) is 44.2 Å². The molecule has 28 heavy (non-hydrogen) atoms. The number of esters is 1. The Morgan fingerprint density at radius 1 is 1.07 bits per heavy atom. The number of benzene rings is 1. The van der Waals surface area contributed by atoms with Crippen molar-refractivity contribution in [1.29, 1.82) is 0 Å². The van der Waals surface area contributed by atoms with E-state index in [4.69, 9.17) is 4.74 Å². The Morgan fingerprint density at radius 2 is 1.86 bits per heavy atom. The van der Waals surface area contributed by atoms with Crippen LogP contribution in [0.25, 0.3) is 10.1 Å².